The first-order valence-corrected chi connectivity index (χ1v) is 13.8. The van der Waals surface area contributed by atoms with Gasteiger partial charge in [0, 0.05) is 24.4 Å². The molecule has 0 unspecified atom stereocenters. The molecule has 2 rings (SSSR count). The molecule has 1 heterocycles. The number of aromatic nitrogens is 2. The average molecular weight is 471 g/mol. The quantitative estimate of drug-likeness (QED) is 0.192. The van der Waals surface area contributed by atoms with Crippen LogP contribution in [0.1, 0.15) is 110 Å². The maximum Gasteiger partial charge on any atom is 0.159 e. The molecule has 0 saturated heterocycles. The minimum absolute atomic E-state index is 0.408. The summed E-state index contributed by atoms with van der Waals surface area (Å²) in [5, 5.41) is 0. The van der Waals surface area contributed by atoms with Crippen molar-refractivity contribution in [3.63, 3.8) is 0 Å². The Morgan fingerprint density at radius 1 is 0.794 bits per heavy atom. The van der Waals surface area contributed by atoms with Crippen LogP contribution in [0.25, 0.3) is 11.4 Å². The van der Waals surface area contributed by atoms with Gasteiger partial charge < -0.3 is 4.74 Å². The molecule has 1 aromatic carbocycles. The summed E-state index contributed by atoms with van der Waals surface area (Å²) in [6.07, 6.45) is 19.4. The van der Waals surface area contributed by atoms with Crippen molar-refractivity contribution in [1.29, 1.82) is 0 Å². The SMILES string of the molecule is CCCCCCCCCCc1cnc(-c2ccc(OCC[C@@H](F)C[C@@H](C)CCCC)cc2)nc1. The zero-order valence-electron chi connectivity index (χ0n) is 21.9. The molecule has 0 aliphatic heterocycles. The molecule has 3 nitrogen and oxygen atoms in total. The summed E-state index contributed by atoms with van der Waals surface area (Å²) in [7, 11) is 0. The molecular formula is C30H47FN2O. The molecular weight excluding hydrogens is 423 g/mol. The van der Waals surface area contributed by atoms with E-state index in [2.05, 4.69) is 30.7 Å². The molecule has 0 radical (unpaired) electrons. The van der Waals surface area contributed by atoms with E-state index in [4.69, 9.17) is 4.74 Å². The van der Waals surface area contributed by atoms with Crippen LogP contribution in [0.4, 0.5) is 4.39 Å². The summed E-state index contributed by atoms with van der Waals surface area (Å²) in [6, 6.07) is 7.79. The van der Waals surface area contributed by atoms with Crippen LogP contribution in [0.2, 0.25) is 0 Å². The van der Waals surface area contributed by atoms with Crippen molar-refractivity contribution in [3.05, 3.63) is 42.2 Å². The molecule has 0 aliphatic rings. The Bertz CT molecular complexity index is 747. The second-order valence-corrected chi connectivity index (χ2v) is 9.88. The van der Waals surface area contributed by atoms with Gasteiger partial charge >= 0.3 is 0 Å². The highest BCUT2D eigenvalue weighted by atomic mass is 19.1. The number of hydrogen-bond donors (Lipinski definition) is 0. The van der Waals surface area contributed by atoms with Crippen LogP contribution < -0.4 is 4.74 Å². The number of nitrogens with zero attached hydrogens (tertiary/aromatic N) is 2. The van der Waals surface area contributed by atoms with Gasteiger partial charge in [0.2, 0.25) is 0 Å². The number of hydrogen-bond acceptors (Lipinski definition) is 3. The normalized spacial score (nSPS) is 13.1. The van der Waals surface area contributed by atoms with Gasteiger partial charge in [0.1, 0.15) is 11.9 Å². The Labute approximate surface area is 208 Å². The van der Waals surface area contributed by atoms with Crippen LogP contribution in [0.5, 0.6) is 5.75 Å². The molecule has 0 amide bonds. The van der Waals surface area contributed by atoms with E-state index in [1.807, 2.05) is 36.7 Å². The molecule has 2 atom stereocenters. The number of halogens is 1. The van der Waals surface area contributed by atoms with Crippen LogP contribution >= 0.6 is 0 Å². The molecule has 190 valence electrons. The number of unbranched alkanes of at least 4 members (excludes halogenated alkanes) is 8. The first-order chi connectivity index (χ1) is 16.6. The first-order valence-electron chi connectivity index (χ1n) is 13.8. The van der Waals surface area contributed by atoms with Crippen LogP contribution in [-0.2, 0) is 6.42 Å². The van der Waals surface area contributed by atoms with Crippen molar-refractivity contribution in [2.45, 2.75) is 117 Å². The molecule has 0 saturated carbocycles. The van der Waals surface area contributed by atoms with Gasteiger partial charge in [-0.05, 0) is 55.0 Å². The molecule has 1 aromatic heterocycles. The van der Waals surface area contributed by atoms with Crippen molar-refractivity contribution in [2.75, 3.05) is 6.61 Å². The van der Waals surface area contributed by atoms with Crippen molar-refractivity contribution in [3.8, 4) is 17.1 Å². The Kier molecular flexibility index (Phi) is 14.5. The van der Waals surface area contributed by atoms with E-state index < -0.39 is 6.17 Å². The van der Waals surface area contributed by atoms with Crippen molar-refractivity contribution < 1.29 is 9.13 Å². The Hall–Kier alpha value is -1.97. The smallest absolute Gasteiger partial charge is 0.159 e. The Morgan fingerprint density at radius 2 is 1.41 bits per heavy atom. The van der Waals surface area contributed by atoms with Crippen LogP contribution in [0.3, 0.4) is 0 Å². The molecule has 0 bridgehead atoms. The lowest BCUT2D eigenvalue weighted by Crippen LogP contribution is -2.11. The first kappa shape index (κ1) is 28.3. The maximum absolute atomic E-state index is 14.2. The fourth-order valence-electron chi connectivity index (χ4n) is 4.33. The van der Waals surface area contributed by atoms with E-state index in [0.29, 0.717) is 25.4 Å². The lowest BCUT2D eigenvalue weighted by molar-refractivity contribution is 0.205. The highest BCUT2D eigenvalue weighted by molar-refractivity contribution is 5.55. The number of ether oxygens (including phenoxy) is 1. The van der Waals surface area contributed by atoms with E-state index in [-0.39, 0.29) is 0 Å². The summed E-state index contributed by atoms with van der Waals surface area (Å²) in [5.41, 5.74) is 2.18. The minimum atomic E-state index is -0.788. The molecule has 0 spiro atoms. The summed E-state index contributed by atoms with van der Waals surface area (Å²) in [4.78, 5) is 9.12. The van der Waals surface area contributed by atoms with Crippen molar-refractivity contribution >= 4 is 0 Å². The summed E-state index contributed by atoms with van der Waals surface area (Å²) < 4.78 is 19.9. The maximum atomic E-state index is 14.2. The highest BCUT2D eigenvalue weighted by Crippen LogP contribution is 2.21. The molecule has 34 heavy (non-hydrogen) atoms. The van der Waals surface area contributed by atoms with Crippen molar-refractivity contribution in [2.24, 2.45) is 5.92 Å². The van der Waals surface area contributed by atoms with E-state index in [9.17, 15) is 4.39 Å². The summed E-state index contributed by atoms with van der Waals surface area (Å²) in [5.74, 6) is 1.94. The zero-order chi connectivity index (χ0) is 24.4. The lowest BCUT2D eigenvalue weighted by Gasteiger charge is -2.15. The monoisotopic (exact) mass is 470 g/mol. The molecule has 2 aromatic rings. The second kappa shape index (κ2) is 17.5. The Morgan fingerprint density at radius 3 is 2.06 bits per heavy atom. The van der Waals surface area contributed by atoms with Gasteiger partial charge in [-0.1, -0.05) is 85.0 Å². The third-order valence-electron chi connectivity index (χ3n) is 6.55. The molecule has 0 aliphatic carbocycles. The fourth-order valence-corrected chi connectivity index (χ4v) is 4.33. The highest BCUT2D eigenvalue weighted by Gasteiger charge is 2.12. The predicted octanol–water partition coefficient (Wildman–Crippen LogP) is 9.15. The van der Waals surface area contributed by atoms with Gasteiger partial charge in [0.15, 0.2) is 5.82 Å². The van der Waals surface area contributed by atoms with E-state index in [1.165, 1.54) is 69.8 Å². The van der Waals surface area contributed by atoms with E-state index in [0.717, 1.165) is 30.0 Å². The fraction of sp³-hybridized carbons (Fsp3) is 0.667. The number of benzene rings is 1. The number of rotatable bonds is 19. The van der Waals surface area contributed by atoms with Gasteiger partial charge in [-0.15, -0.1) is 0 Å². The van der Waals surface area contributed by atoms with Crippen LogP contribution in [0.15, 0.2) is 36.7 Å². The summed E-state index contributed by atoms with van der Waals surface area (Å²) >= 11 is 0. The Balaban J connectivity index is 1.66. The van der Waals surface area contributed by atoms with Gasteiger partial charge in [0.25, 0.3) is 0 Å². The third kappa shape index (κ3) is 11.9. The molecule has 4 heteroatoms. The van der Waals surface area contributed by atoms with Crippen molar-refractivity contribution in [1.82, 2.24) is 9.97 Å². The minimum Gasteiger partial charge on any atom is -0.493 e. The average Bonchev–Trinajstić information content (AvgIpc) is 2.85. The third-order valence-corrected chi connectivity index (χ3v) is 6.55. The topological polar surface area (TPSA) is 35.0 Å². The predicted molar refractivity (Wildman–Crippen MR) is 142 cm³/mol. The molecule has 0 N–H and O–H groups in total. The zero-order valence-corrected chi connectivity index (χ0v) is 21.9. The largest absolute Gasteiger partial charge is 0.493 e. The van der Waals surface area contributed by atoms with Crippen LogP contribution in [0, 0.1) is 5.92 Å². The number of alkyl halides is 1. The standard InChI is InChI=1S/C30H47FN2O/c1-4-6-8-9-10-11-12-13-15-26-23-32-30(33-24-26)27-16-18-29(19-17-27)34-21-20-28(31)22-25(3)14-7-5-2/h16-19,23-25,28H,4-15,20-22H2,1-3H3/t25-,28+/m0/s1. The van der Waals surface area contributed by atoms with Gasteiger partial charge in [-0.25, -0.2) is 14.4 Å². The lowest BCUT2D eigenvalue weighted by atomic mass is 9.97. The van der Waals surface area contributed by atoms with E-state index >= 15 is 0 Å². The van der Waals surface area contributed by atoms with Gasteiger partial charge in [-0.3, -0.25) is 0 Å². The second-order valence-electron chi connectivity index (χ2n) is 9.88. The number of aryl methyl sites for hydroxylation is 1. The van der Waals surface area contributed by atoms with Crippen LogP contribution in [-0.4, -0.2) is 22.7 Å². The van der Waals surface area contributed by atoms with Gasteiger partial charge in [-0.2, -0.15) is 0 Å². The van der Waals surface area contributed by atoms with Gasteiger partial charge in [0.05, 0.1) is 6.61 Å². The molecule has 0 fully saturated rings. The van der Waals surface area contributed by atoms with E-state index in [1.54, 1.807) is 0 Å². The summed E-state index contributed by atoms with van der Waals surface area (Å²) in [6.45, 7) is 7.00.